The highest BCUT2D eigenvalue weighted by Gasteiger charge is 2.40. The Morgan fingerprint density at radius 3 is 2.79 bits per heavy atom. The molecule has 2 nitrogen and oxygen atoms in total. The number of pyridine rings is 1. The zero-order chi connectivity index (χ0) is 13.5. The van der Waals surface area contributed by atoms with Crippen molar-refractivity contribution in [2.24, 2.45) is 5.41 Å². The van der Waals surface area contributed by atoms with E-state index in [0.717, 1.165) is 35.6 Å². The molecule has 0 spiro atoms. The molecule has 1 aliphatic rings. The van der Waals surface area contributed by atoms with Gasteiger partial charge in [0.05, 0.1) is 5.60 Å². The van der Waals surface area contributed by atoms with Crippen LogP contribution in [0.1, 0.15) is 45.1 Å². The van der Waals surface area contributed by atoms with Crippen molar-refractivity contribution in [3.63, 3.8) is 0 Å². The highest BCUT2D eigenvalue weighted by Crippen LogP contribution is 2.47. The molecule has 1 aromatic heterocycles. The molecule has 0 radical (unpaired) electrons. The van der Waals surface area contributed by atoms with Gasteiger partial charge < -0.3 is 5.11 Å². The first-order valence-electron chi connectivity index (χ1n) is 7.06. The van der Waals surface area contributed by atoms with E-state index in [1.807, 2.05) is 18.3 Å². The minimum Gasteiger partial charge on any atom is -0.385 e. The molecule has 1 aliphatic carbocycles. The van der Waals surface area contributed by atoms with E-state index in [1.165, 1.54) is 6.42 Å². The number of fused-ring (bicyclic) bond motifs is 1. The summed E-state index contributed by atoms with van der Waals surface area (Å²) >= 11 is 0. The van der Waals surface area contributed by atoms with Gasteiger partial charge >= 0.3 is 0 Å². The minimum atomic E-state index is -0.704. The number of aromatic nitrogens is 1. The molecule has 3 rings (SSSR count). The number of hydrogen-bond acceptors (Lipinski definition) is 2. The molecule has 1 saturated carbocycles. The lowest BCUT2D eigenvalue weighted by Crippen LogP contribution is -2.36. The number of aliphatic hydroxyl groups is 1. The van der Waals surface area contributed by atoms with Crippen molar-refractivity contribution < 1.29 is 5.11 Å². The van der Waals surface area contributed by atoms with Gasteiger partial charge in [-0.05, 0) is 48.1 Å². The zero-order valence-electron chi connectivity index (χ0n) is 11.7. The Morgan fingerprint density at radius 2 is 2.00 bits per heavy atom. The van der Waals surface area contributed by atoms with E-state index < -0.39 is 5.60 Å². The van der Waals surface area contributed by atoms with E-state index >= 15 is 0 Å². The fourth-order valence-corrected chi connectivity index (χ4v) is 3.58. The molecule has 19 heavy (non-hydrogen) atoms. The largest absolute Gasteiger partial charge is 0.385 e. The van der Waals surface area contributed by atoms with Gasteiger partial charge in [0.2, 0.25) is 0 Å². The summed E-state index contributed by atoms with van der Waals surface area (Å²) < 4.78 is 0. The van der Waals surface area contributed by atoms with Crippen molar-refractivity contribution in [1.29, 1.82) is 0 Å². The van der Waals surface area contributed by atoms with E-state index in [-0.39, 0.29) is 5.41 Å². The molecule has 0 aliphatic heterocycles. The van der Waals surface area contributed by atoms with Gasteiger partial charge in [0, 0.05) is 17.8 Å². The molecular formula is C17H21NO. The standard InChI is InChI=1S/C17H21NO/c1-16(2)8-4-9-17(19,12-16)15-6-3-5-13-7-10-18-11-14(13)15/h3,5-7,10-11,19H,4,8-9,12H2,1-2H3. The Balaban J connectivity index is 2.13. The fraction of sp³-hybridized carbons (Fsp3) is 0.471. The molecule has 2 heteroatoms. The third-order valence-electron chi connectivity index (χ3n) is 4.40. The summed E-state index contributed by atoms with van der Waals surface area (Å²) in [5.74, 6) is 0. The number of hydrogen-bond donors (Lipinski definition) is 1. The van der Waals surface area contributed by atoms with Crippen LogP contribution in [0.4, 0.5) is 0 Å². The Morgan fingerprint density at radius 1 is 1.16 bits per heavy atom. The average Bonchev–Trinajstić information content (AvgIpc) is 2.36. The monoisotopic (exact) mass is 255 g/mol. The van der Waals surface area contributed by atoms with Crippen molar-refractivity contribution in [3.05, 3.63) is 42.2 Å². The van der Waals surface area contributed by atoms with Gasteiger partial charge in [0.15, 0.2) is 0 Å². The maximum absolute atomic E-state index is 11.1. The Bertz CT molecular complexity index is 600. The summed E-state index contributed by atoms with van der Waals surface area (Å²) in [6.45, 7) is 4.50. The molecule has 1 aromatic carbocycles. The molecular weight excluding hydrogens is 234 g/mol. The molecule has 1 unspecified atom stereocenters. The van der Waals surface area contributed by atoms with Crippen LogP contribution >= 0.6 is 0 Å². The number of nitrogens with zero attached hydrogens (tertiary/aromatic N) is 1. The van der Waals surface area contributed by atoms with E-state index in [4.69, 9.17) is 0 Å². The average molecular weight is 255 g/mol. The molecule has 0 amide bonds. The van der Waals surface area contributed by atoms with Gasteiger partial charge in [-0.1, -0.05) is 32.0 Å². The second kappa shape index (κ2) is 4.31. The lowest BCUT2D eigenvalue weighted by Gasteiger charge is -2.42. The van der Waals surface area contributed by atoms with E-state index in [2.05, 4.69) is 31.0 Å². The third kappa shape index (κ3) is 2.25. The van der Waals surface area contributed by atoms with Gasteiger partial charge in [-0.2, -0.15) is 0 Å². The molecule has 1 heterocycles. The smallest absolute Gasteiger partial charge is 0.0908 e. The van der Waals surface area contributed by atoms with Crippen LogP contribution in [0.2, 0.25) is 0 Å². The molecule has 1 fully saturated rings. The van der Waals surface area contributed by atoms with Crippen LogP contribution in [-0.2, 0) is 5.60 Å². The maximum atomic E-state index is 11.1. The number of rotatable bonds is 1. The molecule has 2 aromatic rings. The van der Waals surface area contributed by atoms with Crippen LogP contribution in [0.25, 0.3) is 10.8 Å². The topological polar surface area (TPSA) is 33.1 Å². The Labute approximate surface area is 114 Å². The predicted octanol–water partition coefficient (Wildman–Crippen LogP) is 4.02. The quantitative estimate of drug-likeness (QED) is 0.834. The minimum absolute atomic E-state index is 0.206. The van der Waals surface area contributed by atoms with Gasteiger partial charge in [-0.25, -0.2) is 0 Å². The first kappa shape index (κ1) is 12.6. The molecule has 0 bridgehead atoms. The van der Waals surface area contributed by atoms with Gasteiger partial charge in [-0.15, -0.1) is 0 Å². The summed E-state index contributed by atoms with van der Waals surface area (Å²) in [4.78, 5) is 4.22. The Kier molecular flexibility index (Phi) is 2.86. The highest BCUT2D eigenvalue weighted by atomic mass is 16.3. The normalized spacial score (nSPS) is 26.5. The first-order chi connectivity index (χ1) is 9.00. The summed E-state index contributed by atoms with van der Waals surface area (Å²) in [5, 5.41) is 13.4. The predicted molar refractivity (Wildman–Crippen MR) is 77.9 cm³/mol. The molecule has 100 valence electrons. The van der Waals surface area contributed by atoms with Gasteiger partial charge in [0.25, 0.3) is 0 Å². The summed E-state index contributed by atoms with van der Waals surface area (Å²) in [6, 6.07) is 8.19. The van der Waals surface area contributed by atoms with E-state index in [1.54, 1.807) is 6.20 Å². The van der Waals surface area contributed by atoms with Crippen molar-refractivity contribution in [2.75, 3.05) is 0 Å². The van der Waals surface area contributed by atoms with Gasteiger partial charge in [0.1, 0.15) is 0 Å². The van der Waals surface area contributed by atoms with Crippen molar-refractivity contribution in [1.82, 2.24) is 4.98 Å². The second-order valence-electron chi connectivity index (χ2n) is 6.63. The SMILES string of the molecule is CC1(C)CCCC(O)(c2cccc3ccncc23)C1. The lowest BCUT2D eigenvalue weighted by molar-refractivity contribution is -0.0428. The second-order valence-corrected chi connectivity index (χ2v) is 6.63. The molecule has 0 saturated heterocycles. The van der Waals surface area contributed by atoms with Crippen molar-refractivity contribution >= 4 is 10.8 Å². The summed E-state index contributed by atoms with van der Waals surface area (Å²) in [6.07, 6.45) is 7.64. The van der Waals surface area contributed by atoms with Crippen LogP contribution in [0.15, 0.2) is 36.7 Å². The lowest BCUT2D eigenvalue weighted by atomic mass is 9.67. The fourth-order valence-electron chi connectivity index (χ4n) is 3.58. The first-order valence-corrected chi connectivity index (χ1v) is 7.06. The van der Waals surface area contributed by atoms with Crippen molar-refractivity contribution in [2.45, 2.75) is 45.1 Å². The van der Waals surface area contributed by atoms with E-state index in [9.17, 15) is 5.11 Å². The van der Waals surface area contributed by atoms with Crippen LogP contribution < -0.4 is 0 Å². The van der Waals surface area contributed by atoms with Gasteiger partial charge in [-0.3, -0.25) is 4.98 Å². The van der Waals surface area contributed by atoms with E-state index in [0.29, 0.717) is 0 Å². The Hall–Kier alpha value is -1.41. The maximum Gasteiger partial charge on any atom is 0.0908 e. The summed E-state index contributed by atoms with van der Waals surface area (Å²) in [7, 11) is 0. The highest BCUT2D eigenvalue weighted by molar-refractivity contribution is 5.85. The van der Waals surface area contributed by atoms with Crippen LogP contribution in [0, 0.1) is 5.41 Å². The van der Waals surface area contributed by atoms with Crippen LogP contribution in [0.3, 0.4) is 0 Å². The third-order valence-corrected chi connectivity index (χ3v) is 4.40. The van der Waals surface area contributed by atoms with Crippen LogP contribution in [0.5, 0.6) is 0 Å². The molecule has 1 N–H and O–H groups in total. The zero-order valence-corrected chi connectivity index (χ0v) is 11.7. The van der Waals surface area contributed by atoms with Crippen molar-refractivity contribution in [3.8, 4) is 0 Å². The van der Waals surface area contributed by atoms with Crippen LogP contribution in [-0.4, -0.2) is 10.1 Å². The molecule has 1 atom stereocenters. The summed E-state index contributed by atoms with van der Waals surface area (Å²) in [5.41, 5.74) is 0.549. The number of benzene rings is 1.